The van der Waals surface area contributed by atoms with Crippen LogP contribution in [0.5, 0.6) is 0 Å². The first-order valence-electron chi connectivity index (χ1n) is 13.2. The average molecular weight is 716 g/mol. The van der Waals surface area contributed by atoms with Crippen LogP contribution in [0.25, 0.3) is 31.4 Å². The van der Waals surface area contributed by atoms with Gasteiger partial charge in [0.2, 0.25) is 0 Å². The van der Waals surface area contributed by atoms with Crippen molar-refractivity contribution in [2.45, 2.75) is 31.5 Å². The van der Waals surface area contributed by atoms with E-state index in [4.69, 9.17) is 4.11 Å². The van der Waals surface area contributed by atoms with E-state index in [1.165, 1.54) is 31.6 Å². The zero-order valence-electron chi connectivity index (χ0n) is 23.8. The molecule has 1 aliphatic heterocycles. The number of aromatic nitrogens is 2. The van der Waals surface area contributed by atoms with Gasteiger partial charge in [0, 0.05) is 41.3 Å². The van der Waals surface area contributed by atoms with Crippen molar-refractivity contribution in [1.29, 1.82) is 0 Å². The summed E-state index contributed by atoms with van der Waals surface area (Å²) in [6.07, 6.45) is 8.96. The van der Waals surface area contributed by atoms with Gasteiger partial charge in [-0.1, -0.05) is 66.0 Å². The van der Waals surface area contributed by atoms with Crippen LogP contribution in [-0.2, 0) is 20.1 Å². The van der Waals surface area contributed by atoms with E-state index in [0.29, 0.717) is 0 Å². The van der Waals surface area contributed by atoms with Crippen molar-refractivity contribution >= 4 is 60.6 Å². The molecule has 0 amide bonds. The normalized spacial score (nSPS) is 16.1. The third-order valence-electron chi connectivity index (χ3n) is 5.80. The summed E-state index contributed by atoms with van der Waals surface area (Å²) in [5.41, 5.74) is 2.38. The first kappa shape index (κ1) is 23.6. The maximum Gasteiger partial charge on any atom is 0.0776 e. The summed E-state index contributed by atoms with van der Waals surface area (Å²) in [5, 5.41) is 10.2. The second kappa shape index (κ2) is 11.9. The fraction of sp³-hybridized carbons (Fsp3) is 0.129. The van der Waals surface area contributed by atoms with Gasteiger partial charge in [0.1, 0.15) is 0 Å². The van der Waals surface area contributed by atoms with Gasteiger partial charge in [-0.15, -0.1) is 29.8 Å². The van der Waals surface area contributed by atoms with Crippen LogP contribution in [0.1, 0.15) is 9.68 Å². The van der Waals surface area contributed by atoms with Crippen LogP contribution in [0.2, 0.25) is 19.6 Å². The van der Waals surface area contributed by atoms with E-state index in [1.807, 2.05) is 59.4 Å². The Morgan fingerprint density at radius 1 is 0.973 bits per heavy atom. The van der Waals surface area contributed by atoms with Crippen LogP contribution >= 0.6 is 21.8 Å². The van der Waals surface area contributed by atoms with Gasteiger partial charge >= 0.3 is 0 Å². The molecule has 189 valence electrons. The molecular formula is C31H28IrN2S2Si-2. The van der Waals surface area contributed by atoms with Gasteiger partial charge in [0.05, 0.1) is 13.1 Å². The van der Waals surface area contributed by atoms with Crippen LogP contribution in [0.15, 0.2) is 102 Å². The monoisotopic (exact) mass is 716 g/mol. The third kappa shape index (κ3) is 6.33. The molecule has 1 aliphatic rings. The first-order valence-corrected chi connectivity index (χ1v) is 17.3. The zero-order valence-corrected chi connectivity index (χ0v) is 25.8. The van der Waals surface area contributed by atoms with Crippen LogP contribution in [0, 0.1) is 12.9 Å². The number of hydrogen-bond donors (Lipinski definition) is 0. The molecule has 0 spiro atoms. The Kier molecular flexibility index (Phi) is 7.62. The minimum atomic E-state index is -2.08. The number of aryl methyl sites for hydroxylation is 1. The number of allylic oxidation sites excluding steroid dienone is 3. The molecule has 0 N–H and O–H groups in total. The summed E-state index contributed by atoms with van der Waals surface area (Å²) < 4.78 is 24.4. The van der Waals surface area contributed by atoms with E-state index in [0.717, 1.165) is 16.3 Å². The summed E-state index contributed by atoms with van der Waals surface area (Å²) in [5.74, 6) is 0. The Morgan fingerprint density at radius 2 is 1.86 bits per heavy atom. The van der Waals surface area contributed by atoms with Gasteiger partial charge in [-0.3, -0.25) is 4.98 Å². The largest absolute Gasteiger partial charge is 0.305 e. The van der Waals surface area contributed by atoms with Crippen molar-refractivity contribution in [3.63, 3.8) is 0 Å². The van der Waals surface area contributed by atoms with Crippen LogP contribution in [-0.4, -0.2) is 23.4 Å². The van der Waals surface area contributed by atoms with E-state index < -0.39 is 14.9 Å². The van der Waals surface area contributed by atoms with Crippen molar-refractivity contribution in [2.75, 3.05) is 0 Å². The molecule has 2 nitrogen and oxygen atoms in total. The number of rotatable bonds is 3. The Morgan fingerprint density at radius 3 is 2.54 bits per heavy atom. The van der Waals surface area contributed by atoms with Crippen LogP contribution < -0.4 is 5.19 Å². The molecule has 0 saturated carbocycles. The molecule has 0 bridgehead atoms. The molecule has 6 rings (SSSR count). The molecule has 5 aromatic rings. The molecular weight excluding hydrogens is 685 g/mol. The summed E-state index contributed by atoms with van der Waals surface area (Å²) in [4.78, 5) is 8.68. The standard InChI is InChI=1S/C20H18NSSi.C11H10NS.Ir/c1-23(2,3)14-10-11-15-16-7-6-8-17(18-9-4-5-12-21-18)20(16)22-19(15)13-14;1-10-5-6-11(12-9-10)13-7-3-2-4-8-13;/h4-7,9-13H,1-3H3;2-7,9H,1H3;/q2*-1;/i;1D3;. The number of thiophene rings is 1. The molecule has 2 aromatic carbocycles. The number of pyridine rings is 2. The molecule has 0 fully saturated rings. The average Bonchev–Trinajstić information content (AvgIpc) is 3.32. The summed E-state index contributed by atoms with van der Waals surface area (Å²) in [6, 6.07) is 24.0. The molecule has 1 unspecified atom stereocenters. The Bertz CT molecular complexity index is 1720. The second-order valence-corrected chi connectivity index (χ2v) is 17.1. The van der Waals surface area contributed by atoms with Crippen molar-refractivity contribution in [3.05, 3.63) is 108 Å². The second-order valence-electron chi connectivity index (χ2n) is 9.40. The fourth-order valence-electron chi connectivity index (χ4n) is 3.88. The molecule has 4 heterocycles. The zero-order chi connectivity index (χ0) is 27.6. The molecule has 37 heavy (non-hydrogen) atoms. The summed E-state index contributed by atoms with van der Waals surface area (Å²) >= 11 is 1.86. The molecule has 0 saturated heterocycles. The van der Waals surface area contributed by atoms with E-state index in [-0.39, 0.29) is 36.2 Å². The SMILES string of the molecule is C[Si](C)(C)c1ccc2c(c1)sc1c(-c3ccccn3)[c-]ccc12.[2H]C([2H])([2H])c1ccc(S2=[C-]C=CC=C2)nc1.[Ir]. The van der Waals surface area contributed by atoms with Gasteiger partial charge in [-0.2, -0.15) is 11.3 Å². The third-order valence-corrected chi connectivity index (χ3v) is 10.5. The van der Waals surface area contributed by atoms with E-state index >= 15 is 0 Å². The molecule has 1 radical (unpaired) electrons. The van der Waals surface area contributed by atoms with Gasteiger partial charge in [0.25, 0.3) is 0 Å². The van der Waals surface area contributed by atoms with E-state index in [2.05, 4.69) is 71.4 Å². The van der Waals surface area contributed by atoms with E-state index in [1.54, 1.807) is 12.1 Å². The van der Waals surface area contributed by atoms with Crippen molar-refractivity contribution in [3.8, 4) is 11.3 Å². The molecule has 6 heteroatoms. The smallest absolute Gasteiger partial charge is 0.0776 e. The summed E-state index contributed by atoms with van der Waals surface area (Å²) in [7, 11) is -1.55. The minimum absolute atomic E-state index is 0. The van der Waals surface area contributed by atoms with Gasteiger partial charge < -0.3 is 4.98 Å². The minimum Gasteiger partial charge on any atom is -0.305 e. The van der Waals surface area contributed by atoms with Crippen LogP contribution in [0.3, 0.4) is 0 Å². The first-order chi connectivity index (χ1) is 18.6. The summed E-state index contributed by atoms with van der Waals surface area (Å²) in [6.45, 7) is 5.11. The Hall–Kier alpha value is -2.47. The topological polar surface area (TPSA) is 25.8 Å². The van der Waals surface area contributed by atoms with Gasteiger partial charge in [0.15, 0.2) is 0 Å². The Balaban J connectivity index is 0.000000192. The maximum atomic E-state index is 7.24. The maximum absolute atomic E-state index is 7.24. The Labute approximate surface area is 244 Å². The number of benzene rings is 2. The quantitative estimate of drug-likeness (QED) is 0.107. The molecule has 3 aromatic heterocycles. The van der Waals surface area contributed by atoms with Crippen molar-refractivity contribution in [2.24, 2.45) is 0 Å². The van der Waals surface area contributed by atoms with Gasteiger partial charge in [-0.25, -0.2) is 28.0 Å². The predicted molar refractivity (Wildman–Crippen MR) is 162 cm³/mol. The number of hydrogen-bond acceptors (Lipinski definition) is 3. The van der Waals surface area contributed by atoms with Crippen LogP contribution in [0.4, 0.5) is 0 Å². The fourth-order valence-corrected chi connectivity index (χ4v) is 7.59. The number of nitrogens with zero attached hydrogens (tertiary/aromatic N) is 2. The van der Waals surface area contributed by atoms with Gasteiger partial charge in [-0.05, 0) is 46.4 Å². The number of fused-ring (bicyclic) bond motifs is 3. The molecule has 1 atom stereocenters. The predicted octanol–water partition coefficient (Wildman–Crippen LogP) is 8.24. The van der Waals surface area contributed by atoms with Crippen molar-refractivity contribution in [1.82, 2.24) is 9.97 Å². The molecule has 0 aliphatic carbocycles. The van der Waals surface area contributed by atoms with Crippen molar-refractivity contribution < 1.29 is 24.2 Å². The van der Waals surface area contributed by atoms with E-state index in [9.17, 15) is 0 Å².